The highest BCUT2D eigenvalue weighted by Crippen LogP contribution is 2.30. The average molecular weight is 254 g/mol. The largest absolute Gasteiger partial charge is 0.293 e. The lowest BCUT2D eigenvalue weighted by Gasteiger charge is -2.07. The zero-order valence-corrected chi connectivity index (χ0v) is 11.1. The fourth-order valence-corrected chi connectivity index (χ4v) is 4.10. The molecular formula is C13H18OS2. The molecule has 1 saturated carbocycles. The highest BCUT2D eigenvalue weighted by atomic mass is 32.2. The molecule has 1 nitrogen and oxygen atoms in total. The van der Waals surface area contributed by atoms with Crippen LogP contribution in [0.2, 0.25) is 0 Å². The van der Waals surface area contributed by atoms with E-state index in [1.807, 2.05) is 17.5 Å². The first kappa shape index (κ1) is 12.2. The topological polar surface area (TPSA) is 17.1 Å². The summed E-state index contributed by atoms with van der Waals surface area (Å²) in [7, 11) is 0. The van der Waals surface area contributed by atoms with Gasteiger partial charge in [0.25, 0.3) is 0 Å². The molecule has 0 aliphatic heterocycles. The van der Waals surface area contributed by atoms with Crippen molar-refractivity contribution in [1.29, 1.82) is 0 Å². The van der Waals surface area contributed by atoms with Gasteiger partial charge in [0, 0.05) is 11.7 Å². The van der Waals surface area contributed by atoms with Gasteiger partial charge in [-0.1, -0.05) is 18.9 Å². The van der Waals surface area contributed by atoms with Crippen LogP contribution in [0.4, 0.5) is 0 Å². The minimum absolute atomic E-state index is 0.321. The highest BCUT2D eigenvalue weighted by molar-refractivity contribution is 7.99. The standard InChI is InChI=1S/C13H18OS2/c14-12(13-8-4-10-16-13)7-3-9-15-11-5-1-2-6-11/h4,8,10-11H,1-3,5-7,9H2. The maximum absolute atomic E-state index is 11.7. The quantitative estimate of drug-likeness (QED) is 0.553. The molecule has 3 heteroatoms. The molecule has 1 aromatic heterocycles. The summed E-state index contributed by atoms with van der Waals surface area (Å²) in [6, 6.07) is 3.88. The van der Waals surface area contributed by atoms with E-state index in [1.165, 1.54) is 25.7 Å². The summed E-state index contributed by atoms with van der Waals surface area (Å²) in [5, 5.41) is 2.86. The lowest BCUT2D eigenvalue weighted by Crippen LogP contribution is -1.99. The number of carbonyl (C=O) groups is 1. The molecule has 0 bridgehead atoms. The number of hydrogen-bond donors (Lipinski definition) is 0. The van der Waals surface area contributed by atoms with Gasteiger partial charge < -0.3 is 0 Å². The highest BCUT2D eigenvalue weighted by Gasteiger charge is 2.15. The van der Waals surface area contributed by atoms with Gasteiger partial charge in [0.2, 0.25) is 0 Å². The Balaban J connectivity index is 1.59. The number of thioether (sulfide) groups is 1. The van der Waals surface area contributed by atoms with Gasteiger partial charge in [0.1, 0.15) is 0 Å². The molecule has 16 heavy (non-hydrogen) atoms. The Labute approximate surface area is 106 Å². The molecule has 0 spiro atoms. The van der Waals surface area contributed by atoms with E-state index >= 15 is 0 Å². The van der Waals surface area contributed by atoms with Crippen molar-refractivity contribution in [1.82, 2.24) is 0 Å². The third-order valence-corrected chi connectivity index (χ3v) is 5.38. The average Bonchev–Trinajstić information content (AvgIpc) is 2.96. The van der Waals surface area contributed by atoms with Crippen molar-refractivity contribution >= 4 is 28.9 Å². The molecule has 1 aliphatic rings. The molecule has 0 unspecified atom stereocenters. The Morgan fingerprint density at radius 2 is 2.25 bits per heavy atom. The number of Topliss-reactive ketones (excluding diaryl/α,β-unsaturated/α-hetero) is 1. The predicted molar refractivity (Wildman–Crippen MR) is 72.6 cm³/mol. The van der Waals surface area contributed by atoms with Gasteiger partial charge in [0.05, 0.1) is 4.88 Å². The molecular weight excluding hydrogens is 236 g/mol. The second-order valence-corrected chi connectivity index (χ2v) is 6.64. The Kier molecular flexibility index (Phi) is 4.91. The van der Waals surface area contributed by atoms with Gasteiger partial charge in [0.15, 0.2) is 5.78 Å². The van der Waals surface area contributed by atoms with Crippen molar-refractivity contribution in [3.05, 3.63) is 22.4 Å². The van der Waals surface area contributed by atoms with Crippen LogP contribution < -0.4 is 0 Å². The first-order valence-corrected chi connectivity index (χ1v) is 7.97. The normalized spacial score (nSPS) is 16.8. The molecule has 0 N–H and O–H groups in total. The van der Waals surface area contributed by atoms with Crippen molar-refractivity contribution in [2.24, 2.45) is 0 Å². The second-order valence-electron chi connectivity index (χ2n) is 4.28. The molecule has 0 amide bonds. The number of hydrogen-bond acceptors (Lipinski definition) is 3. The maximum atomic E-state index is 11.7. The minimum Gasteiger partial charge on any atom is -0.293 e. The number of thiophene rings is 1. The Morgan fingerprint density at radius 3 is 2.94 bits per heavy atom. The number of rotatable bonds is 6. The summed E-state index contributed by atoms with van der Waals surface area (Å²) in [4.78, 5) is 12.6. The summed E-state index contributed by atoms with van der Waals surface area (Å²) in [5.41, 5.74) is 0. The van der Waals surface area contributed by atoms with Crippen LogP contribution in [0.3, 0.4) is 0 Å². The molecule has 0 atom stereocenters. The van der Waals surface area contributed by atoms with Crippen molar-refractivity contribution in [2.45, 2.75) is 43.8 Å². The summed E-state index contributed by atoms with van der Waals surface area (Å²) in [5.74, 6) is 1.48. The van der Waals surface area contributed by atoms with Crippen molar-refractivity contribution < 1.29 is 4.79 Å². The minimum atomic E-state index is 0.321. The molecule has 2 rings (SSSR count). The van der Waals surface area contributed by atoms with Crippen LogP contribution in [-0.2, 0) is 0 Å². The zero-order valence-electron chi connectivity index (χ0n) is 9.48. The lowest BCUT2D eigenvalue weighted by molar-refractivity contribution is 0.0986. The third kappa shape index (κ3) is 3.63. The van der Waals surface area contributed by atoms with Crippen LogP contribution in [0.1, 0.15) is 48.2 Å². The summed E-state index contributed by atoms with van der Waals surface area (Å²) in [6.45, 7) is 0. The van der Waals surface area contributed by atoms with Gasteiger partial charge in [-0.15, -0.1) is 11.3 Å². The van der Waals surface area contributed by atoms with E-state index in [4.69, 9.17) is 0 Å². The smallest absolute Gasteiger partial charge is 0.172 e. The summed E-state index contributed by atoms with van der Waals surface area (Å²) < 4.78 is 0. The van der Waals surface area contributed by atoms with Gasteiger partial charge >= 0.3 is 0 Å². The molecule has 1 fully saturated rings. The van der Waals surface area contributed by atoms with E-state index in [2.05, 4.69) is 11.8 Å². The van der Waals surface area contributed by atoms with Crippen LogP contribution in [0.5, 0.6) is 0 Å². The SMILES string of the molecule is O=C(CCCSC1CCCC1)c1cccs1. The Bertz CT molecular complexity index is 313. The summed E-state index contributed by atoms with van der Waals surface area (Å²) in [6.07, 6.45) is 7.36. The fraction of sp³-hybridized carbons (Fsp3) is 0.615. The third-order valence-electron chi connectivity index (χ3n) is 3.00. The molecule has 1 aromatic rings. The Morgan fingerprint density at radius 1 is 1.44 bits per heavy atom. The number of carbonyl (C=O) groups excluding carboxylic acids is 1. The second kappa shape index (κ2) is 6.45. The fourth-order valence-electron chi connectivity index (χ4n) is 2.10. The molecule has 1 aliphatic carbocycles. The van der Waals surface area contributed by atoms with Crippen LogP contribution in [0.15, 0.2) is 17.5 Å². The van der Waals surface area contributed by atoms with Crippen molar-refractivity contribution in [3.63, 3.8) is 0 Å². The Hall–Kier alpha value is -0.280. The van der Waals surface area contributed by atoms with E-state index in [0.29, 0.717) is 5.78 Å². The molecule has 88 valence electrons. The molecule has 0 radical (unpaired) electrons. The van der Waals surface area contributed by atoms with Crippen LogP contribution in [-0.4, -0.2) is 16.8 Å². The predicted octanol–water partition coefficient (Wildman–Crippen LogP) is 4.39. The van der Waals surface area contributed by atoms with E-state index in [1.54, 1.807) is 11.3 Å². The van der Waals surface area contributed by atoms with Gasteiger partial charge in [-0.3, -0.25) is 4.79 Å². The summed E-state index contributed by atoms with van der Waals surface area (Å²) >= 11 is 3.63. The van der Waals surface area contributed by atoms with Gasteiger partial charge in [-0.2, -0.15) is 11.8 Å². The maximum Gasteiger partial charge on any atom is 0.172 e. The lowest BCUT2D eigenvalue weighted by atomic mass is 10.2. The van der Waals surface area contributed by atoms with Crippen molar-refractivity contribution in [2.75, 3.05) is 5.75 Å². The monoisotopic (exact) mass is 254 g/mol. The van der Waals surface area contributed by atoms with E-state index < -0.39 is 0 Å². The van der Waals surface area contributed by atoms with Crippen LogP contribution >= 0.6 is 23.1 Å². The van der Waals surface area contributed by atoms with Crippen molar-refractivity contribution in [3.8, 4) is 0 Å². The van der Waals surface area contributed by atoms with Crippen LogP contribution in [0.25, 0.3) is 0 Å². The van der Waals surface area contributed by atoms with E-state index in [0.717, 1.165) is 28.7 Å². The number of ketones is 1. The molecule has 0 saturated heterocycles. The first-order chi connectivity index (χ1) is 7.86. The molecule has 1 heterocycles. The van der Waals surface area contributed by atoms with E-state index in [-0.39, 0.29) is 0 Å². The molecule has 0 aromatic carbocycles. The first-order valence-electron chi connectivity index (χ1n) is 6.04. The van der Waals surface area contributed by atoms with Gasteiger partial charge in [-0.05, 0) is 36.5 Å². The van der Waals surface area contributed by atoms with Crippen LogP contribution in [0, 0.1) is 0 Å². The van der Waals surface area contributed by atoms with Gasteiger partial charge in [-0.25, -0.2) is 0 Å². The van der Waals surface area contributed by atoms with E-state index in [9.17, 15) is 4.79 Å². The zero-order chi connectivity index (χ0) is 11.2.